The van der Waals surface area contributed by atoms with E-state index in [1.807, 2.05) is 18.2 Å². The Hall–Kier alpha value is -1.33. The summed E-state index contributed by atoms with van der Waals surface area (Å²) in [6, 6.07) is 9.51. The molecule has 1 N–H and O–H groups in total. The molecule has 4 rings (SSSR count). The normalized spacial score (nSPS) is 24.2. The lowest BCUT2D eigenvalue weighted by atomic mass is 9.77. The minimum Gasteiger partial charge on any atom is -0.496 e. The molecular weight excluding hydrogens is 437 g/mol. The molecule has 0 spiro atoms. The molecule has 124 valence electrons. The maximum atomic E-state index is 14.6. The van der Waals surface area contributed by atoms with Gasteiger partial charge in [-0.2, -0.15) is 0 Å². The van der Waals surface area contributed by atoms with Gasteiger partial charge in [0.1, 0.15) is 11.6 Å². The van der Waals surface area contributed by atoms with E-state index in [1.54, 1.807) is 7.11 Å². The third kappa shape index (κ3) is 2.58. The predicted molar refractivity (Wildman–Crippen MR) is 101 cm³/mol. The van der Waals surface area contributed by atoms with Crippen LogP contribution in [0.1, 0.15) is 29.5 Å². The first-order chi connectivity index (χ1) is 11.6. The molecule has 2 nitrogen and oxygen atoms in total. The quantitative estimate of drug-likeness (QED) is 0.548. The van der Waals surface area contributed by atoms with Gasteiger partial charge in [0, 0.05) is 20.4 Å². The summed E-state index contributed by atoms with van der Waals surface area (Å²) in [4.78, 5) is 0. The molecule has 2 aromatic rings. The zero-order valence-corrected chi connectivity index (χ0v) is 16.2. The van der Waals surface area contributed by atoms with E-state index in [2.05, 4.69) is 55.4 Å². The SMILES string of the molecule is COc1ccc(Br)cc1[C@@H]1Nc2c(F)cc(Br)cc2[C@@H]2C=CC[C@H]21. The van der Waals surface area contributed by atoms with E-state index >= 15 is 0 Å². The van der Waals surface area contributed by atoms with Gasteiger partial charge in [-0.1, -0.05) is 44.0 Å². The lowest BCUT2D eigenvalue weighted by molar-refractivity contribution is 0.379. The number of fused-ring (bicyclic) bond motifs is 3. The topological polar surface area (TPSA) is 21.3 Å². The molecule has 0 amide bonds. The Balaban J connectivity index is 1.86. The fourth-order valence-corrected chi connectivity index (χ4v) is 4.70. The van der Waals surface area contributed by atoms with Crippen LogP contribution in [0.2, 0.25) is 0 Å². The minimum absolute atomic E-state index is 0.000579. The molecule has 0 bridgehead atoms. The number of rotatable bonds is 2. The van der Waals surface area contributed by atoms with Crippen LogP contribution in [0.15, 0.2) is 51.4 Å². The van der Waals surface area contributed by atoms with E-state index in [-0.39, 0.29) is 17.8 Å². The van der Waals surface area contributed by atoms with Crippen LogP contribution in [0.3, 0.4) is 0 Å². The second-order valence-corrected chi connectivity index (χ2v) is 8.04. The highest BCUT2D eigenvalue weighted by Gasteiger charge is 2.40. The molecule has 3 atom stereocenters. The van der Waals surface area contributed by atoms with E-state index < -0.39 is 0 Å². The number of hydrogen-bond acceptors (Lipinski definition) is 2. The van der Waals surface area contributed by atoms with Gasteiger partial charge >= 0.3 is 0 Å². The molecule has 2 aliphatic rings. The highest BCUT2D eigenvalue weighted by atomic mass is 79.9. The minimum atomic E-state index is -0.225. The molecule has 0 saturated carbocycles. The molecular formula is C19H16Br2FNO. The average molecular weight is 453 g/mol. The van der Waals surface area contributed by atoms with Gasteiger partial charge in [-0.3, -0.25) is 0 Å². The van der Waals surface area contributed by atoms with Crippen LogP contribution in [0.5, 0.6) is 5.75 Å². The molecule has 1 heterocycles. The van der Waals surface area contributed by atoms with E-state index in [9.17, 15) is 4.39 Å². The number of hydrogen-bond donors (Lipinski definition) is 1. The van der Waals surface area contributed by atoms with Crippen molar-refractivity contribution in [1.29, 1.82) is 0 Å². The number of allylic oxidation sites excluding steroid dienone is 2. The first-order valence-electron chi connectivity index (χ1n) is 7.84. The number of halogens is 3. The lowest BCUT2D eigenvalue weighted by Crippen LogP contribution is -2.30. The van der Waals surface area contributed by atoms with Crippen LogP contribution < -0.4 is 10.1 Å². The van der Waals surface area contributed by atoms with Gasteiger partial charge in [0.25, 0.3) is 0 Å². The maximum Gasteiger partial charge on any atom is 0.147 e. The molecule has 0 radical (unpaired) electrons. The summed E-state index contributed by atoms with van der Waals surface area (Å²) < 4.78 is 21.9. The fourth-order valence-electron chi connectivity index (χ4n) is 3.88. The van der Waals surface area contributed by atoms with Crippen LogP contribution in [-0.4, -0.2) is 7.11 Å². The smallest absolute Gasteiger partial charge is 0.147 e. The van der Waals surface area contributed by atoms with Crippen molar-refractivity contribution in [3.63, 3.8) is 0 Å². The summed E-state index contributed by atoms with van der Waals surface area (Å²) in [6.45, 7) is 0. The van der Waals surface area contributed by atoms with Gasteiger partial charge in [0.05, 0.1) is 18.8 Å². The van der Waals surface area contributed by atoms with Crippen molar-refractivity contribution < 1.29 is 9.13 Å². The molecule has 1 aliphatic heterocycles. The van der Waals surface area contributed by atoms with Crippen LogP contribution in [-0.2, 0) is 0 Å². The van der Waals surface area contributed by atoms with Gasteiger partial charge in [0.15, 0.2) is 0 Å². The monoisotopic (exact) mass is 451 g/mol. The van der Waals surface area contributed by atoms with Gasteiger partial charge in [-0.05, 0) is 48.2 Å². The lowest BCUT2D eigenvalue weighted by Gasteiger charge is -2.38. The molecule has 0 aromatic heterocycles. The average Bonchev–Trinajstić information content (AvgIpc) is 3.04. The zero-order valence-electron chi connectivity index (χ0n) is 13.0. The summed E-state index contributed by atoms with van der Waals surface area (Å²) in [6.07, 6.45) is 5.36. The first-order valence-corrected chi connectivity index (χ1v) is 9.42. The van der Waals surface area contributed by atoms with Crippen molar-refractivity contribution >= 4 is 37.5 Å². The highest BCUT2D eigenvalue weighted by molar-refractivity contribution is 9.10. The second-order valence-electron chi connectivity index (χ2n) is 6.21. The Morgan fingerprint density at radius 1 is 1.12 bits per heavy atom. The maximum absolute atomic E-state index is 14.6. The van der Waals surface area contributed by atoms with E-state index in [0.717, 1.165) is 32.2 Å². The Kier molecular flexibility index (Phi) is 4.17. The third-order valence-electron chi connectivity index (χ3n) is 4.91. The van der Waals surface area contributed by atoms with Crippen LogP contribution in [0.4, 0.5) is 10.1 Å². The van der Waals surface area contributed by atoms with Crippen molar-refractivity contribution in [3.8, 4) is 5.75 Å². The van der Waals surface area contributed by atoms with Crippen molar-refractivity contribution in [1.82, 2.24) is 0 Å². The highest BCUT2D eigenvalue weighted by Crippen LogP contribution is 2.52. The molecule has 1 aliphatic carbocycles. The van der Waals surface area contributed by atoms with Gasteiger partial charge in [-0.15, -0.1) is 0 Å². The zero-order chi connectivity index (χ0) is 16.8. The van der Waals surface area contributed by atoms with E-state index in [1.165, 1.54) is 6.07 Å². The summed E-state index contributed by atoms with van der Waals surface area (Å²) in [5.41, 5.74) is 2.67. The molecule has 5 heteroatoms. The van der Waals surface area contributed by atoms with Crippen molar-refractivity contribution in [2.45, 2.75) is 18.4 Å². The Morgan fingerprint density at radius 3 is 2.71 bits per heavy atom. The first kappa shape index (κ1) is 16.2. The van der Waals surface area contributed by atoms with Gasteiger partial charge in [0.2, 0.25) is 0 Å². The number of benzene rings is 2. The number of anilines is 1. The van der Waals surface area contributed by atoms with Gasteiger partial charge < -0.3 is 10.1 Å². The molecule has 0 unspecified atom stereocenters. The molecule has 2 aromatic carbocycles. The summed E-state index contributed by atoms with van der Waals surface area (Å²) in [5, 5.41) is 3.45. The summed E-state index contributed by atoms with van der Waals surface area (Å²) in [7, 11) is 1.67. The summed E-state index contributed by atoms with van der Waals surface area (Å²) in [5.74, 6) is 1.15. The van der Waals surface area contributed by atoms with Crippen molar-refractivity contribution in [2.75, 3.05) is 12.4 Å². The second kappa shape index (κ2) is 6.19. The third-order valence-corrected chi connectivity index (χ3v) is 5.86. The number of methoxy groups -OCH3 is 1. The molecule has 24 heavy (non-hydrogen) atoms. The Morgan fingerprint density at radius 2 is 1.92 bits per heavy atom. The Bertz CT molecular complexity index is 836. The molecule has 0 saturated heterocycles. The number of nitrogens with one attached hydrogen (secondary N) is 1. The van der Waals surface area contributed by atoms with Crippen LogP contribution in [0.25, 0.3) is 0 Å². The van der Waals surface area contributed by atoms with Crippen molar-refractivity contribution in [2.24, 2.45) is 5.92 Å². The van der Waals surface area contributed by atoms with Crippen LogP contribution in [0, 0.1) is 11.7 Å². The standard InChI is InChI=1S/C19H16Br2FNO/c1-24-17-6-5-10(20)7-15(17)18-13-4-2-3-12(13)14-8-11(21)9-16(22)19(14)23-18/h2-3,5-9,12-13,18,23H,4H2,1H3/t12-,13-,18-/m1/s1. The fraction of sp³-hybridized carbons (Fsp3) is 0.263. The largest absolute Gasteiger partial charge is 0.496 e. The summed E-state index contributed by atoms with van der Waals surface area (Å²) >= 11 is 6.95. The van der Waals surface area contributed by atoms with E-state index in [4.69, 9.17) is 4.74 Å². The van der Waals surface area contributed by atoms with E-state index in [0.29, 0.717) is 11.6 Å². The van der Waals surface area contributed by atoms with Gasteiger partial charge in [-0.25, -0.2) is 4.39 Å². The predicted octanol–water partition coefficient (Wildman–Crippen LogP) is 6.19. The van der Waals surface area contributed by atoms with Crippen LogP contribution >= 0.6 is 31.9 Å². The Labute approximate surface area is 157 Å². The van der Waals surface area contributed by atoms with Crippen molar-refractivity contribution in [3.05, 3.63) is 68.4 Å². The molecule has 0 fully saturated rings. The number of ether oxygens (including phenoxy) is 1.